The van der Waals surface area contributed by atoms with Gasteiger partial charge in [-0.2, -0.15) is 0 Å². The van der Waals surface area contributed by atoms with E-state index in [0.29, 0.717) is 6.42 Å². The lowest BCUT2D eigenvalue weighted by atomic mass is 10.0. The van der Waals surface area contributed by atoms with Crippen molar-refractivity contribution in [3.05, 3.63) is 11.6 Å². The normalized spacial score (nSPS) is 33.7. The number of hydrogen-bond acceptors (Lipinski definition) is 4. The summed E-state index contributed by atoms with van der Waals surface area (Å²) in [6.45, 7) is 0.0438. The van der Waals surface area contributed by atoms with Gasteiger partial charge >= 0.3 is 0 Å². The van der Waals surface area contributed by atoms with Crippen LogP contribution in [0.4, 0.5) is 0 Å². The summed E-state index contributed by atoms with van der Waals surface area (Å²) in [4.78, 5) is 0. The molecule has 12 heavy (non-hydrogen) atoms. The molecule has 0 heterocycles. The fourth-order valence-corrected chi connectivity index (χ4v) is 1.53. The molecule has 1 fully saturated rings. The molecule has 1 rings (SSSR count). The molecule has 3 N–H and O–H groups in total. The van der Waals surface area contributed by atoms with Crippen LogP contribution in [0.5, 0.6) is 0 Å². The lowest BCUT2D eigenvalue weighted by molar-refractivity contribution is 0.212. The Bertz CT molecular complexity index is 200. The summed E-state index contributed by atoms with van der Waals surface area (Å²) in [7, 11) is 0. The number of oxime groups is 1. The molecular formula is C8H13NO3. The SMILES string of the molecule is OCC1CCC(O)/C1=C/C=N/O. The first-order valence-electron chi connectivity index (χ1n) is 3.96. The van der Waals surface area contributed by atoms with E-state index in [2.05, 4.69) is 5.16 Å². The second-order valence-electron chi connectivity index (χ2n) is 2.90. The summed E-state index contributed by atoms with van der Waals surface area (Å²) < 4.78 is 0. The molecule has 2 unspecified atom stereocenters. The Labute approximate surface area is 70.8 Å². The van der Waals surface area contributed by atoms with Crippen molar-refractivity contribution in [3.8, 4) is 0 Å². The molecule has 0 aromatic heterocycles. The first kappa shape index (κ1) is 9.22. The van der Waals surface area contributed by atoms with Gasteiger partial charge in [-0.05, 0) is 24.5 Å². The Kier molecular flexibility index (Phi) is 3.25. The Morgan fingerprint density at radius 2 is 2.25 bits per heavy atom. The highest BCUT2D eigenvalue weighted by atomic mass is 16.4. The molecule has 0 spiro atoms. The highest BCUT2D eigenvalue weighted by molar-refractivity contribution is 5.72. The lowest BCUT2D eigenvalue weighted by Gasteiger charge is -2.08. The van der Waals surface area contributed by atoms with Crippen LogP contribution in [-0.4, -0.2) is 34.3 Å². The zero-order chi connectivity index (χ0) is 8.97. The standard InChI is InChI=1S/C8H13NO3/c10-5-6-1-2-8(11)7(6)3-4-9-12/h3-4,6,8,10-12H,1-2,5H2/b7-3+,9-4+. The molecule has 0 aromatic carbocycles. The van der Waals surface area contributed by atoms with Crippen LogP contribution in [-0.2, 0) is 0 Å². The second-order valence-corrected chi connectivity index (χ2v) is 2.90. The van der Waals surface area contributed by atoms with Crippen molar-refractivity contribution in [2.75, 3.05) is 6.61 Å². The molecule has 0 saturated heterocycles. The Morgan fingerprint density at radius 1 is 1.50 bits per heavy atom. The number of rotatable bonds is 2. The van der Waals surface area contributed by atoms with Crippen molar-refractivity contribution in [3.63, 3.8) is 0 Å². The number of aliphatic hydroxyl groups excluding tert-OH is 2. The number of aliphatic hydroxyl groups is 2. The van der Waals surface area contributed by atoms with Crippen LogP contribution >= 0.6 is 0 Å². The average Bonchev–Trinajstić information content (AvgIpc) is 2.43. The summed E-state index contributed by atoms with van der Waals surface area (Å²) in [6, 6.07) is 0. The molecule has 1 aliphatic carbocycles. The maximum Gasteiger partial charge on any atom is 0.0757 e. The van der Waals surface area contributed by atoms with Crippen LogP contribution in [0.2, 0.25) is 0 Å². The van der Waals surface area contributed by atoms with E-state index in [0.717, 1.165) is 12.0 Å². The van der Waals surface area contributed by atoms with Gasteiger partial charge in [-0.1, -0.05) is 5.16 Å². The smallest absolute Gasteiger partial charge is 0.0757 e. The topological polar surface area (TPSA) is 73.0 Å². The Morgan fingerprint density at radius 3 is 2.83 bits per heavy atom. The van der Waals surface area contributed by atoms with Crippen LogP contribution in [0.3, 0.4) is 0 Å². The highest BCUT2D eigenvalue weighted by Crippen LogP contribution is 2.30. The average molecular weight is 171 g/mol. The third-order valence-corrected chi connectivity index (χ3v) is 2.20. The number of allylic oxidation sites excluding steroid dienone is 1. The number of hydrogen-bond donors (Lipinski definition) is 3. The fraction of sp³-hybridized carbons (Fsp3) is 0.625. The van der Waals surface area contributed by atoms with Crippen LogP contribution < -0.4 is 0 Å². The van der Waals surface area contributed by atoms with Gasteiger partial charge in [-0.25, -0.2) is 0 Å². The van der Waals surface area contributed by atoms with E-state index in [9.17, 15) is 5.11 Å². The van der Waals surface area contributed by atoms with Crippen LogP contribution in [0, 0.1) is 5.92 Å². The van der Waals surface area contributed by atoms with Crippen molar-refractivity contribution in [1.82, 2.24) is 0 Å². The minimum absolute atomic E-state index is 0.0259. The third kappa shape index (κ3) is 1.84. The highest BCUT2D eigenvalue weighted by Gasteiger charge is 2.27. The minimum atomic E-state index is -0.486. The molecule has 4 nitrogen and oxygen atoms in total. The first-order chi connectivity index (χ1) is 5.79. The van der Waals surface area contributed by atoms with Gasteiger partial charge in [0, 0.05) is 12.5 Å². The summed E-state index contributed by atoms with van der Waals surface area (Å²) >= 11 is 0. The van der Waals surface area contributed by atoms with Crippen molar-refractivity contribution < 1.29 is 15.4 Å². The summed E-state index contributed by atoms with van der Waals surface area (Å²) in [6.07, 6.45) is 3.75. The summed E-state index contributed by atoms with van der Waals surface area (Å²) in [5, 5.41) is 29.2. The number of nitrogens with zero attached hydrogens (tertiary/aromatic N) is 1. The van der Waals surface area contributed by atoms with Gasteiger partial charge in [0.2, 0.25) is 0 Å². The summed E-state index contributed by atoms with van der Waals surface area (Å²) in [5.74, 6) is 0.0259. The fourth-order valence-electron chi connectivity index (χ4n) is 1.53. The van der Waals surface area contributed by atoms with Crippen molar-refractivity contribution in [1.29, 1.82) is 0 Å². The van der Waals surface area contributed by atoms with E-state index in [4.69, 9.17) is 10.3 Å². The molecule has 1 aliphatic rings. The second kappa shape index (κ2) is 4.23. The molecule has 0 aromatic rings. The van der Waals surface area contributed by atoms with Gasteiger partial charge < -0.3 is 15.4 Å². The molecule has 0 bridgehead atoms. The first-order valence-corrected chi connectivity index (χ1v) is 3.96. The van der Waals surface area contributed by atoms with E-state index in [1.165, 1.54) is 6.21 Å². The van der Waals surface area contributed by atoms with Crippen molar-refractivity contribution >= 4 is 6.21 Å². The van der Waals surface area contributed by atoms with Crippen LogP contribution in [0.25, 0.3) is 0 Å². The van der Waals surface area contributed by atoms with Crippen molar-refractivity contribution in [2.24, 2.45) is 11.1 Å². The molecule has 4 heteroatoms. The van der Waals surface area contributed by atoms with E-state index < -0.39 is 6.10 Å². The monoisotopic (exact) mass is 171 g/mol. The largest absolute Gasteiger partial charge is 0.411 e. The molecular weight excluding hydrogens is 158 g/mol. The molecule has 0 aliphatic heterocycles. The zero-order valence-corrected chi connectivity index (χ0v) is 6.72. The van der Waals surface area contributed by atoms with E-state index in [-0.39, 0.29) is 12.5 Å². The van der Waals surface area contributed by atoms with E-state index in [1.54, 1.807) is 6.08 Å². The van der Waals surface area contributed by atoms with Gasteiger partial charge in [0.25, 0.3) is 0 Å². The lowest BCUT2D eigenvalue weighted by Crippen LogP contribution is -2.09. The van der Waals surface area contributed by atoms with Gasteiger partial charge in [0.05, 0.1) is 12.3 Å². The predicted molar refractivity (Wildman–Crippen MR) is 44.2 cm³/mol. The van der Waals surface area contributed by atoms with Crippen LogP contribution in [0.15, 0.2) is 16.8 Å². The molecule has 68 valence electrons. The van der Waals surface area contributed by atoms with Gasteiger partial charge in [0.15, 0.2) is 0 Å². The maximum absolute atomic E-state index is 9.39. The van der Waals surface area contributed by atoms with Crippen molar-refractivity contribution in [2.45, 2.75) is 18.9 Å². The van der Waals surface area contributed by atoms with E-state index in [1.807, 2.05) is 0 Å². The quantitative estimate of drug-likeness (QED) is 0.314. The molecule has 0 amide bonds. The van der Waals surface area contributed by atoms with Gasteiger partial charge in [-0.3, -0.25) is 0 Å². The predicted octanol–water partition coefficient (Wildman–Crippen LogP) is 0.136. The zero-order valence-electron chi connectivity index (χ0n) is 6.72. The Hall–Kier alpha value is -0.870. The van der Waals surface area contributed by atoms with Crippen LogP contribution in [0.1, 0.15) is 12.8 Å². The maximum atomic E-state index is 9.39. The van der Waals surface area contributed by atoms with E-state index >= 15 is 0 Å². The molecule has 1 saturated carbocycles. The van der Waals surface area contributed by atoms with Gasteiger partial charge in [0.1, 0.15) is 0 Å². The Balaban J connectivity index is 2.69. The third-order valence-electron chi connectivity index (χ3n) is 2.20. The van der Waals surface area contributed by atoms with Gasteiger partial charge in [-0.15, -0.1) is 0 Å². The summed E-state index contributed by atoms with van der Waals surface area (Å²) in [5.41, 5.74) is 0.760. The molecule has 0 radical (unpaired) electrons. The minimum Gasteiger partial charge on any atom is -0.411 e. The molecule has 2 atom stereocenters.